The maximum absolute atomic E-state index is 11.7. The lowest BCUT2D eigenvalue weighted by atomic mass is 9.70. The fourth-order valence-corrected chi connectivity index (χ4v) is 2.65. The Bertz CT molecular complexity index is 229. The molecular weight excluding hydrogens is 186 g/mol. The first kappa shape index (κ1) is 12.5. The van der Waals surface area contributed by atoms with E-state index in [0.717, 1.165) is 25.4 Å². The molecule has 1 heterocycles. The number of piperidine rings is 1. The Morgan fingerprint density at radius 2 is 2.00 bits per heavy atom. The molecule has 15 heavy (non-hydrogen) atoms. The Morgan fingerprint density at radius 1 is 1.40 bits per heavy atom. The highest BCUT2D eigenvalue weighted by molar-refractivity contribution is 5.75. The maximum Gasteiger partial charge on any atom is 0.222 e. The van der Waals surface area contributed by atoms with Crippen LogP contribution in [0.5, 0.6) is 0 Å². The predicted molar refractivity (Wildman–Crippen MR) is 63.6 cm³/mol. The van der Waals surface area contributed by atoms with Crippen LogP contribution in [0.4, 0.5) is 0 Å². The Balaban J connectivity index is 2.68. The Morgan fingerprint density at radius 3 is 2.47 bits per heavy atom. The summed E-state index contributed by atoms with van der Waals surface area (Å²) < 4.78 is 0. The molecule has 1 aliphatic rings. The fourth-order valence-electron chi connectivity index (χ4n) is 2.65. The lowest BCUT2D eigenvalue weighted by Crippen LogP contribution is -2.47. The molecule has 2 unspecified atom stereocenters. The summed E-state index contributed by atoms with van der Waals surface area (Å²) in [6.45, 7) is 13.0. The van der Waals surface area contributed by atoms with Gasteiger partial charge in [0.2, 0.25) is 5.91 Å². The average Bonchev–Trinajstić information content (AvgIpc) is 2.15. The fraction of sp³-hybridized carbons (Fsp3) is 0.923. The van der Waals surface area contributed by atoms with Crippen LogP contribution >= 0.6 is 0 Å². The largest absolute Gasteiger partial charge is 0.342 e. The molecule has 0 aromatic carbocycles. The third-order valence-electron chi connectivity index (χ3n) is 3.73. The van der Waals surface area contributed by atoms with Crippen LogP contribution in [0.3, 0.4) is 0 Å². The number of hydrogen-bond donors (Lipinski definition) is 0. The third-order valence-corrected chi connectivity index (χ3v) is 3.73. The van der Waals surface area contributed by atoms with E-state index in [9.17, 15) is 4.79 Å². The highest BCUT2D eigenvalue weighted by Gasteiger charge is 2.35. The minimum absolute atomic E-state index is 0.312. The van der Waals surface area contributed by atoms with Gasteiger partial charge in [0.05, 0.1) is 0 Å². The van der Waals surface area contributed by atoms with Gasteiger partial charge >= 0.3 is 0 Å². The van der Waals surface area contributed by atoms with Crippen molar-refractivity contribution in [3.05, 3.63) is 0 Å². The van der Waals surface area contributed by atoms with E-state index >= 15 is 0 Å². The number of carbonyl (C=O) groups excluding carboxylic acids is 1. The van der Waals surface area contributed by atoms with E-state index in [1.54, 1.807) is 0 Å². The summed E-state index contributed by atoms with van der Waals surface area (Å²) in [7, 11) is 0. The Kier molecular flexibility index (Phi) is 3.80. The Hall–Kier alpha value is -0.530. The minimum atomic E-state index is 0.312. The summed E-state index contributed by atoms with van der Waals surface area (Å²) in [6, 6.07) is 0. The molecule has 0 spiro atoms. The lowest BCUT2D eigenvalue weighted by molar-refractivity contribution is -0.134. The first-order valence-corrected chi connectivity index (χ1v) is 6.14. The second kappa shape index (κ2) is 4.54. The zero-order valence-corrected chi connectivity index (χ0v) is 10.8. The summed E-state index contributed by atoms with van der Waals surface area (Å²) in [4.78, 5) is 13.7. The number of nitrogens with zero attached hydrogens (tertiary/aromatic N) is 1. The normalized spacial score (nSPS) is 27.9. The molecule has 0 radical (unpaired) electrons. The van der Waals surface area contributed by atoms with Gasteiger partial charge in [-0.2, -0.15) is 0 Å². The summed E-state index contributed by atoms with van der Waals surface area (Å²) in [5, 5.41) is 0. The van der Waals surface area contributed by atoms with Gasteiger partial charge in [-0.1, -0.05) is 34.6 Å². The van der Waals surface area contributed by atoms with Crippen LogP contribution in [-0.2, 0) is 4.79 Å². The van der Waals surface area contributed by atoms with Gasteiger partial charge in [0.25, 0.3) is 0 Å². The molecule has 0 aromatic rings. The van der Waals surface area contributed by atoms with E-state index in [1.807, 2.05) is 6.92 Å². The van der Waals surface area contributed by atoms with E-state index < -0.39 is 0 Å². The SMILES string of the molecule is CCC(=O)N1CCC(C)C(C(C)(C)C)C1. The number of amides is 1. The van der Waals surface area contributed by atoms with E-state index in [0.29, 0.717) is 23.7 Å². The smallest absolute Gasteiger partial charge is 0.222 e. The molecule has 1 amide bonds. The predicted octanol–water partition coefficient (Wildman–Crippen LogP) is 2.93. The van der Waals surface area contributed by atoms with Crippen molar-refractivity contribution in [2.45, 2.75) is 47.5 Å². The van der Waals surface area contributed by atoms with Crippen LogP contribution in [0.2, 0.25) is 0 Å². The van der Waals surface area contributed by atoms with Crippen LogP contribution in [0.25, 0.3) is 0 Å². The van der Waals surface area contributed by atoms with Gasteiger partial charge in [0.15, 0.2) is 0 Å². The van der Waals surface area contributed by atoms with Gasteiger partial charge in [-0.05, 0) is 23.7 Å². The molecular formula is C13H25NO. The molecule has 1 rings (SSSR count). The molecule has 2 nitrogen and oxygen atoms in total. The zero-order chi connectivity index (χ0) is 11.6. The third kappa shape index (κ3) is 2.96. The zero-order valence-electron chi connectivity index (χ0n) is 10.8. The van der Waals surface area contributed by atoms with E-state index in [1.165, 1.54) is 0 Å². The van der Waals surface area contributed by atoms with Crippen molar-refractivity contribution in [2.75, 3.05) is 13.1 Å². The standard InChI is InChI=1S/C13H25NO/c1-6-12(15)14-8-7-10(2)11(9-14)13(3,4)5/h10-11H,6-9H2,1-5H3. The minimum Gasteiger partial charge on any atom is -0.342 e. The molecule has 1 fully saturated rings. The molecule has 0 saturated carbocycles. The number of likely N-dealkylation sites (tertiary alicyclic amines) is 1. The van der Waals surface area contributed by atoms with Gasteiger partial charge in [0.1, 0.15) is 0 Å². The van der Waals surface area contributed by atoms with Crippen molar-refractivity contribution in [3.63, 3.8) is 0 Å². The van der Waals surface area contributed by atoms with Crippen molar-refractivity contribution < 1.29 is 4.79 Å². The first-order chi connectivity index (χ1) is 6.86. The van der Waals surface area contributed by atoms with E-state index in [2.05, 4.69) is 32.6 Å². The average molecular weight is 211 g/mol. The molecule has 0 aromatic heterocycles. The molecule has 0 N–H and O–H groups in total. The highest BCUT2D eigenvalue weighted by Crippen LogP contribution is 2.37. The van der Waals surface area contributed by atoms with Gasteiger partial charge in [0, 0.05) is 19.5 Å². The topological polar surface area (TPSA) is 20.3 Å². The van der Waals surface area contributed by atoms with Crippen LogP contribution in [-0.4, -0.2) is 23.9 Å². The molecule has 1 saturated heterocycles. The lowest BCUT2D eigenvalue weighted by Gasteiger charge is -2.43. The van der Waals surface area contributed by atoms with Crippen LogP contribution in [0.15, 0.2) is 0 Å². The summed E-state index contributed by atoms with van der Waals surface area (Å²) >= 11 is 0. The molecule has 2 atom stereocenters. The molecule has 2 heteroatoms. The number of hydrogen-bond acceptors (Lipinski definition) is 1. The summed E-state index contributed by atoms with van der Waals surface area (Å²) in [5.74, 6) is 1.70. The first-order valence-electron chi connectivity index (χ1n) is 6.14. The summed E-state index contributed by atoms with van der Waals surface area (Å²) in [5.41, 5.74) is 0.312. The second-order valence-electron chi connectivity index (χ2n) is 5.93. The molecule has 88 valence electrons. The van der Waals surface area contributed by atoms with Gasteiger partial charge in [-0.15, -0.1) is 0 Å². The van der Waals surface area contributed by atoms with E-state index in [4.69, 9.17) is 0 Å². The van der Waals surface area contributed by atoms with Crippen molar-refractivity contribution >= 4 is 5.91 Å². The van der Waals surface area contributed by atoms with Crippen molar-refractivity contribution in [2.24, 2.45) is 17.3 Å². The number of rotatable bonds is 1. The van der Waals surface area contributed by atoms with Crippen molar-refractivity contribution in [1.82, 2.24) is 4.90 Å². The molecule has 0 bridgehead atoms. The van der Waals surface area contributed by atoms with Crippen molar-refractivity contribution in [3.8, 4) is 0 Å². The Labute approximate surface area is 94.0 Å². The van der Waals surface area contributed by atoms with E-state index in [-0.39, 0.29) is 0 Å². The van der Waals surface area contributed by atoms with Gasteiger partial charge < -0.3 is 4.90 Å². The van der Waals surface area contributed by atoms with Gasteiger partial charge in [-0.3, -0.25) is 4.79 Å². The quantitative estimate of drug-likeness (QED) is 0.653. The maximum atomic E-state index is 11.7. The summed E-state index contributed by atoms with van der Waals surface area (Å²) in [6.07, 6.45) is 1.80. The van der Waals surface area contributed by atoms with Crippen LogP contribution in [0, 0.1) is 17.3 Å². The van der Waals surface area contributed by atoms with Crippen molar-refractivity contribution in [1.29, 1.82) is 0 Å². The van der Waals surface area contributed by atoms with Crippen LogP contribution < -0.4 is 0 Å². The molecule has 0 aliphatic carbocycles. The second-order valence-corrected chi connectivity index (χ2v) is 5.93. The monoisotopic (exact) mass is 211 g/mol. The van der Waals surface area contributed by atoms with Crippen LogP contribution in [0.1, 0.15) is 47.5 Å². The molecule has 1 aliphatic heterocycles. The number of carbonyl (C=O) groups is 1. The highest BCUT2D eigenvalue weighted by atomic mass is 16.2. The van der Waals surface area contributed by atoms with Gasteiger partial charge in [-0.25, -0.2) is 0 Å².